The second-order valence-electron chi connectivity index (χ2n) is 4.35. The SMILES string of the molecule is N#CCOc1ccc(C2CCCCC2)cc1. The molecule has 1 aliphatic rings. The lowest BCUT2D eigenvalue weighted by molar-refractivity contribution is 0.367. The third kappa shape index (κ3) is 2.76. The third-order valence-electron chi connectivity index (χ3n) is 3.26. The molecule has 2 nitrogen and oxygen atoms in total. The molecule has 2 rings (SSSR count). The van der Waals surface area contributed by atoms with E-state index < -0.39 is 0 Å². The van der Waals surface area contributed by atoms with Crippen molar-refractivity contribution >= 4 is 0 Å². The van der Waals surface area contributed by atoms with Gasteiger partial charge in [-0.1, -0.05) is 31.4 Å². The number of ether oxygens (including phenoxy) is 1. The molecule has 0 spiro atoms. The average Bonchev–Trinajstić information content (AvgIpc) is 2.38. The third-order valence-corrected chi connectivity index (χ3v) is 3.26. The van der Waals surface area contributed by atoms with Gasteiger partial charge in [0.15, 0.2) is 6.61 Å². The van der Waals surface area contributed by atoms with Crippen LogP contribution in [0.15, 0.2) is 24.3 Å². The summed E-state index contributed by atoms with van der Waals surface area (Å²) in [6.07, 6.45) is 6.74. The Morgan fingerprint density at radius 1 is 1.12 bits per heavy atom. The fourth-order valence-corrected chi connectivity index (χ4v) is 2.39. The molecule has 84 valence electrons. The van der Waals surface area contributed by atoms with Gasteiger partial charge in [-0.25, -0.2) is 0 Å². The van der Waals surface area contributed by atoms with Crippen LogP contribution in [0.2, 0.25) is 0 Å². The molecule has 0 aliphatic heterocycles. The lowest BCUT2D eigenvalue weighted by atomic mass is 9.84. The van der Waals surface area contributed by atoms with E-state index in [-0.39, 0.29) is 6.61 Å². The molecule has 2 heteroatoms. The summed E-state index contributed by atoms with van der Waals surface area (Å²) < 4.78 is 5.24. The minimum Gasteiger partial charge on any atom is -0.479 e. The van der Waals surface area contributed by atoms with Crippen molar-refractivity contribution < 1.29 is 4.74 Å². The Balaban J connectivity index is 1.98. The number of nitrogens with zero attached hydrogens (tertiary/aromatic N) is 1. The van der Waals surface area contributed by atoms with E-state index in [4.69, 9.17) is 10.00 Å². The Hall–Kier alpha value is -1.49. The molecule has 1 saturated carbocycles. The van der Waals surface area contributed by atoms with Crippen LogP contribution >= 0.6 is 0 Å². The van der Waals surface area contributed by atoms with Crippen LogP contribution in [-0.2, 0) is 0 Å². The fourth-order valence-electron chi connectivity index (χ4n) is 2.39. The van der Waals surface area contributed by atoms with Gasteiger partial charge in [0.25, 0.3) is 0 Å². The van der Waals surface area contributed by atoms with Gasteiger partial charge in [-0.15, -0.1) is 0 Å². The molecule has 1 fully saturated rings. The van der Waals surface area contributed by atoms with Crippen molar-refractivity contribution in [1.29, 1.82) is 5.26 Å². The Bertz CT molecular complexity index is 357. The summed E-state index contributed by atoms with van der Waals surface area (Å²) in [5.74, 6) is 1.53. The fraction of sp³-hybridized carbons (Fsp3) is 0.500. The normalized spacial score (nSPS) is 16.7. The number of hydrogen-bond acceptors (Lipinski definition) is 2. The predicted molar refractivity (Wildman–Crippen MR) is 63.4 cm³/mol. The number of benzene rings is 1. The van der Waals surface area contributed by atoms with E-state index in [9.17, 15) is 0 Å². The van der Waals surface area contributed by atoms with Gasteiger partial charge in [0.05, 0.1) is 0 Å². The summed E-state index contributed by atoms with van der Waals surface area (Å²) in [5, 5.41) is 8.41. The summed E-state index contributed by atoms with van der Waals surface area (Å²) >= 11 is 0. The van der Waals surface area contributed by atoms with E-state index in [0.717, 1.165) is 11.7 Å². The van der Waals surface area contributed by atoms with Gasteiger partial charge in [-0.2, -0.15) is 5.26 Å². The lowest BCUT2D eigenvalue weighted by Crippen LogP contribution is -2.04. The van der Waals surface area contributed by atoms with E-state index in [1.54, 1.807) is 0 Å². The first kappa shape index (κ1) is 11.0. The standard InChI is InChI=1S/C14H17NO/c15-10-11-16-14-8-6-13(7-9-14)12-4-2-1-3-5-12/h6-9,12H,1-5,11H2. The van der Waals surface area contributed by atoms with Crippen LogP contribution in [0.1, 0.15) is 43.6 Å². The highest BCUT2D eigenvalue weighted by molar-refractivity contribution is 5.29. The molecule has 16 heavy (non-hydrogen) atoms. The maximum absolute atomic E-state index is 8.41. The molecule has 0 radical (unpaired) electrons. The Labute approximate surface area is 96.9 Å². The van der Waals surface area contributed by atoms with Gasteiger partial charge in [-0.05, 0) is 36.5 Å². The van der Waals surface area contributed by atoms with Crippen LogP contribution < -0.4 is 4.74 Å². The van der Waals surface area contributed by atoms with Gasteiger partial charge in [0.1, 0.15) is 11.8 Å². The molecule has 0 atom stereocenters. The highest BCUT2D eigenvalue weighted by atomic mass is 16.5. The van der Waals surface area contributed by atoms with Gasteiger partial charge in [-0.3, -0.25) is 0 Å². The summed E-state index contributed by atoms with van der Waals surface area (Å²) in [4.78, 5) is 0. The number of rotatable bonds is 3. The predicted octanol–water partition coefficient (Wildman–Crippen LogP) is 3.64. The van der Waals surface area contributed by atoms with Crippen molar-refractivity contribution in [1.82, 2.24) is 0 Å². The molecule has 0 N–H and O–H groups in total. The molecule has 0 amide bonds. The molecule has 0 heterocycles. The second-order valence-corrected chi connectivity index (χ2v) is 4.35. The van der Waals surface area contributed by atoms with Crippen molar-refractivity contribution in [2.45, 2.75) is 38.0 Å². The Morgan fingerprint density at radius 3 is 2.44 bits per heavy atom. The molecular formula is C14H17NO. The van der Waals surface area contributed by atoms with E-state index in [2.05, 4.69) is 12.1 Å². The largest absolute Gasteiger partial charge is 0.479 e. The van der Waals surface area contributed by atoms with Crippen LogP contribution in [0.5, 0.6) is 5.75 Å². The molecule has 0 aromatic heterocycles. The van der Waals surface area contributed by atoms with Crippen LogP contribution in [-0.4, -0.2) is 6.61 Å². The number of nitriles is 1. The van der Waals surface area contributed by atoms with Gasteiger partial charge < -0.3 is 4.74 Å². The van der Waals surface area contributed by atoms with Gasteiger partial charge in [0.2, 0.25) is 0 Å². The van der Waals surface area contributed by atoms with Crippen molar-refractivity contribution in [2.24, 2.45) is 0 Å². The molecule has 0 saturated heterocycles. The van der Waals surface area contributed by atoms with Gasteiger partial charge in [0, 0.05) is 0 Å². The second kappa shape index (κ2) is 5.55. The van der Waals surface area contributed by atoms with E-state index >= 15 is 0 Å². The topological polar surface area (TPSA) is 33.0 Å². The van der Waals surface area contributed by atoms with Gasteiger partial charge >= 0.3 is 0 Å². The first-order valence-electron chi connectivity index (χ1n) is 6.00. The first-order chi connectivity index (χ1) is 7.90. The van der Waals surface area contributed by atoms with E-state index in [1.807, 2.05) is 18.2 Å². The quantitative estimate of drug-likeness (QED) is 0.771. The zero-order valence-corrected chi connectivity index (χ0v) is 9.48. The summed E-state index contributed by atoms with van der Waals surface area (Å²) in [5.41, 5.74) is 1.42. The van der Waals surface area contributed by atoms with E-state index in [0.29, 0.717) is 0 Å². The Morgan fingerprint density at radius 2 is 1.81 bits per heavy atom. The monoisotopic (exact) mass is 215 g/mol. The minimum atomic E-state index is 0.128. The summed E-state index contributed by atoms with van der Waals surface area (Å²) in [6, 6.07) is 10.2. The van der Waals surface area contributed by atoms with Crippen LogP contribution in [0.3, 0.4) is 0 Å². The zero-order valence-electron chi connectivity index (χ0n) is 9.48. The minimum absolute atomic E-state index is 0.128. The smallest absolute Gasteiger partial charge is 0.174 e. The van der Waals surface area contributed by atoms with Crippen LogP contribution in [0.25, 0.3) is 0 Å². The Kier molecular flexibility index (Phi) is 3.82. The first-order valence-corrected chi connectivity index (χ1v) is 6.00. The average molecular weight is 215 g/mol. The molecule has 0 bridgehead atoms. The highest BCUT2D eigenvalue weighted by Gasteiger charge is 2.14. The van der Waals surface area contributed by atoms with Crippen molar-refractivity contribution in [2.75, 3.05) is 6.61 Å². The van der Waals surface area contributed by atoms with Crippen molar-refractivity contribution in [3.05, 3.63) is 29.8 Å². The lowest BCUT2D eigenvalue weighted by Gasteiger charge is -2.21. The molecule has 0 unspecified atom stereocenters. The molecule has 1 aromatic rings. The summed E-state index contributed by atoms with van der Waals surface area (Å²) in [7, 11) is 0. The van der Waals surface area contributed by atoms with Crippen LogP contribution in [0.4, 0.5) is 0 Å². The maximum Gasteiger partial charge on any atom is 0.174 e. The number of hydrogen-bond donors (Lipinski definition) is 0. The van der Waals surface area contributed by atoms with E-state index in [1.165, 1.54) is 37.7 Å². The van der Waals surface area contributed by atoms with Crippen LogP contribution in [0, 0.1) is 11.3 Å². The maximum atomic E-state index is 8.41. The van der Waals surface area contributed by atoms with Crippen molar-refractivity contribution in [3.63, 3.8) is 0 Å². The molecule has 1 aromatic carbocycles. The zero-order chi connectivity index (χ0) is 11.2. The van der Waals surface area contributed by atoms with Crippen molar-refractivity contribution in [3.8, 4) is 11.8 Å². The molecule has 1 aliphatic carbocycles. The highest BCUT2D eigenvalue weighted by Crippen LogP contribution is 2.33. The summed E-state index contributed by atoms with van der Waals surface area (Å²) in [6.45, 7) is 0.128. The molecular weight excluding hydrogens is 198 g/mol.